The van der Waals surface area contributed by atoms with Crippen LogP contribution in [-0.2, 0) is 0 Å². The van der Waals surface area contributed by atoms with Crippen LogP contribution in [0.25, 0.3) is 28.0 Å². The van der Waals surface area contributed by atoms with Crippen molar-refractivity contribution in [2.45, 2.75) is 25.4 Å². The van der Waals surface area contributed by atoms with Crippen LogP contribution in [0.1, 0.15) is 12.2 Å². The fraction of sp³-hybridized carbons (Fsp3) is 0.261. The topological polar surface area (TPSA) is 58.4 Å². The van der Waals surface area contributed by atoms with E-state index in [1.807, 2.05) is 60.0 Å². The molecular formula is C23H20Cl2N6. The van der Waals surface area contributed by atoms with Gasteiger partial charge < -0.3 is 10.2 Å². The molecule has 2 bridgehead atoms. The Kier molecular flexibility index (Phi) is 4.42. The predicted octanol–water partition coefficient (Wildman–Crippen LogP) is 4.62. The number of aryl methyl sites for hydroxylation is 1. The van der Waals surface area contributed by atoms with Gasteiger partial charge in [-0.3, -0.25) is 0 Å². The van der Waals surface area contributed by atoms with Gasteiger partial charge in [0.1, 0.15) is 11.5 Å². The Morgan fingerprint density at radius 1 is 1.03 bits per heavy atom. The molecule has 0 aliphatic carbocycles. The second kappa shape index (κ2) is 7.19. The van der Waals surface area contributed by atoms with Crippen LogP contribution in [0.15, 0.2) is 48.5 Å². The van der Waals surface area contributed by atoms with E-state index in [0.717, 1.165) is 59.3 Å². The highest BCUT2D eigenvalue weighted by Crippen LogP contribution is 2.39. The number of aromatic nitrogens is 4. The third-order valence-corrected chi connectivity index (χ3v) is 6.79. The van der Waals surface area contributed by atoms with Gasteiger partial charge in [-0.05, 0) is 37.1 Å². The highest BCUT2D eigenvalue weighted by atomic mass is 35.5. The fourth-order valence-corrected chi connectivity index (χ4v) is 5.06. The molecule has 6 rings (SSSR count). The highest BCUT2D eigenvalue weighted by molar-refractivity contribution is 6.33. The summed E-state index contributed by atoms with van der Waals surface area (Å²) in [7, 11) is 0. The lowest BCUT2D eigenvalue weighted by molar-refractivity contribution is 0.570. The Hall–Kier alpha value is -2.67. The minimum Gasteiger partial charge on any atom is -0.335 e. The summed E-state index contributed by atoms with van der Waals surface area (Å²) in [6, 6.07) is 16.5. The van der Waals surface area contributed by atoms with Crippen molar-refractivity contribution >= 4 is 34.8 Å². The number of piperazine rings is 1. The zero-order valence-electron chi connectivity index (χ0n) is 16.9. The predicted molar refractivity (Wildman–Crippen MR) is 124 cm³/mol. The summed E-state index contributed by atoms with van der Waals surface area (Å²) < 4.78 is 1.82. The summed E-state index contributed by atoms with van der Waals surface area (Å²) >= 11 is 12.7. The molecule has 6 nitrogen and oxygen atoms in total. The van der Waals surface area contributed by atoms with Gasteiger partial charge in [0, 0.05) is 35.8 Å². The normalized spacial score (nSPS) is 20.2. The van der Waals surface area contributed by atoms with Gasteiger partial charge in [-0.15, -0.1) is 0 Å². The van der Waals surface area contributed by atoms with Crippen molar-refractivity contribution in [3.8, 4) is 22.4 Å². The molecule has 2 aliphatic heterocycles. The minimum absolute atomic E-state index is 0.441. The molecule has 1 N–H and O–H groups in total. The number of rotatable bonds is 3. The lowest BCUT2D eigenvalue weighted by Gasteiger charge is -2.27. The van der Waals surface area contributed by atoms with Gasteiger partial charge in [0.25, 0.3) is 0 Å². The van der Waals surface area contributed by atoms with Crippen LogP contribution < -0.4 is 10.2 Å². The van der Waals surface area contributed by atoms with Gasteiger partial charge in [0.2, 0.25) is 5.95 Å². The van der Waals surface area contributed by atoms with Crippen molar-refractivity contribution in [3.05, 3.63) is 64.4 Å². The van der Waals surface area contributed by atoms with Crippen molar-refractivity contribution in [3.63, 3.8) is 0 Å². The van der Waals surface area contributed by atoms with Crippen LogP contribution in [0.3, 0.4) is 0 Å². The van der Waals surface area contributed by atoms with Crippen molar-refractivity contribution in [1.29, 1.82) is 0 Å². The zero-order valence-corrected chi connectivity index (χ0v) is 18.4. The van der Waals surface area contributed by atoms with E-state index in [1.54, 1.807) is 0 Å². The minimum atomic E-state index is 0.441. The number of fused-ring (bicyclic) bond motifs is 3. The number of halogens is 2. The molecule has 4 heterocycles. The number of anilines is 1. The van der Waals surface area contributed by atoms with E-state index in [2.05, 4.69) is 10.2 Å². The van der Waals surface area contributed by atoms with E-state index in [0.29, 0.717) is 22.1 Å². The SMILES string of the molecule is Cc1nc(N2CC3CC2CN3)nc2c(-c3ccc(Cl)cc3)c(-c3ccccc3Cl)nn12. The Bertz CT molecular complexity index is 1300. The molecule has 0 saturated carbocycles. The van der Waals surface area contributed by atoms with Crippen LogP contribution in [0.2, 0.25) is 10.0 Å². The van der Waals surface area contributed by atoms with Gasteiger partial charge in [0.05, 0.1) is 10.6 Å². The summed E-state index contributed by atoms with van der Waals surface area (Å²) in [5, 5.41) is 9.78. The third-order valence-electron chi connectivity index (χ3n) is 6.21. The van der Waals surface area contributed by atoms with Gasteiger partial charge >= 0.3 is 0 Å². The van der Waals surface area contributed by atoms with E-state index in [1.165, 1.54) is 0 Å². The van der Waals surface area contributed by atoms with Crippen LogP contribution in [0, 0.1) is 6.92 Å². The molecule has 2 saturated heterocycles. The molecule has 0 radical (unpaired) electrons. The fourth-order valence-electron chi connectivity index (χ4n) is 4.71. The van der Waals surface area contributed by atoms with Crippen LogP contribution in [0.5, 0.6) is 0 Å². The standard InChI is InChI=1S/C23H20Cl2N6/c1-13-27-23(30-12-16-10-17(30)11-26-16)28-22-20(14-6-8-15(24)9-7-14)21(29-31(13)22)18-4-2-3-5-19(18)25/h2-9,16-17,26H,10-12H2,1H3. The van der Waals surface area contributed by atoms with Crippen molar-refractivity contribution in [2.24, 2.45) is 0 Å². The molecule has 4 aromatic rings. The Morgan fingerprint density at radius 2 is 1.84 bits per heavy atom. The lowest BCUT2D eigenvalue weighted by Crippen LogP contribution is -2.44. The maximum atomic E-state index is 6.57. The average molecular weight is 451 g/mol. The van der Waals surface area contributed by atoms with E-state index >= 15 is 0 Å². The van der Waals surface area contributed by atoms with Crippen molar-refractivity contribution in [2.75, 3.05) is 18.0 Å². The maximum absolute atomic E-state index is 6.57. The first-order valence-electron chi connectivity index (χ1n) is 10.4. The van der Waals surface area contributed by atoms with Crippen LogP contribution in [-0.4, -0.2) is 44.8 Å². The molecule has 2 fully saturated rings. The second-order valence-electron chi connectivity index (χ2n) is 8.16. The van der Waals surface area contributed by atoms with Crippen molar-refractivity contribution < 1.29 is 0 Å². The second-order valence-corrected chi connectivity index (χ2v) is 9.01. The summed E-state index contributed by atoms with van der Waals surface area (Å²) in [6.07, 6.45) is 1.14. The Balaban J connectivity index is 1.61. The number of nitrogens with zero attached hydrogens (tertiary/aromatic N) is 5. The molecule has 2 atom stereocenters. The van der Waals surface area contributed by atoms with E-state index in [4.69, 9.17) is 38.3 Å². The monoisotopic (exact) mass is 450 g/mol. The number of hydrogen-bond donors (Lipinski definition) is 1. The van der Waals surface area contributed by atoms with E-state index < -0.39 is 0 Å². The van der Waals surface area contributed by atoms with Gasteiger partial charge in [-0.2, -0.15) is 19.6 Å². The number of hydrogen-bond acceptors (Lipinski definition) is 5. The molecule has 156 valence electrons. The Morgan fingerprint density at radius 3 is 2.55 bits per heavy atom. The third kappa shape index (κ3) is 3.09. The molecule has 8 heteroatoms. The quantitative estimate of drug-likeness (QED) is 0.493. The first-order chi connectivity index (χ1) is 15.1. The van der Waals surface area contributed by atoms with E-state index in [-0.39, 0.29) is 0 Å². The summed E-state index contributed by atoms with van der Waals surface area (Å²) in [6.45, 7) is 3.88. The van der Waals surface area contributed by atoms with Gasteiger partial charge in [0.15, 0.2) is 5.65 Å². The first-order valence-corrected chi connectivity index (χ1v) is 11.1. The van der Waals surface area contributed by atoms with Crippen LogP contribution in [0.4, 0.5) is 5.95 Å². The summed E-state index contributed by atoms with van der Waals surface area (Å²) in [5.74, 6) is 1.56. The molecular weight excluding hydrogens is 431 g/mol. The number of nitrogens with one attached hydrogen (secondary N) is 1. The lowest BCUT2D eigenvalue weighted by atomic mass is 10.0. The molecule has 2 aromatic heterocycles. The van der Waals surface area contributed by atoms with E-state index in [9.17, 15) is 0 Å². The van der Waals surface area contributed by atoms with Gasteiger partial charge in [-0.25, -0.2) is 0 Å². The molecule has 0 amide bonds. The molecule has 2 unspecified atom stereocenters. The Labute approximate surface area is 189 Å². The molecule has 2 aromatic carbocycles. The van der Waals surface area contributed by atoms with Gasteiger partial charge in [-0.1, -0.05) is 53.5 Å². The first kappa shape index (κ1) is 19.0. The maximum Gasteiger partial charge on any atom is 0.229 e. The average Bonchev–Trinajstić information content (AvgIpc) is 3.49. The van der Waals surface area contributed by atoms with Crippen molar-refractivity contribution in [1.82, 2.24) is 24.9 Å². The summed E-state index contributed by atoms with van der Waals surface area (Å²) in [5.41, 5.74) is 4.34. The molecule has 31 heavy (non-hydrogen) atoms. The molecule has 2 aliphatic rings. The number of benzene rings is 2. The molecule has 0 spiro atoms. The zero-order chi connectivity index (χ0) is 21.1. The smallest absolute Gasteiger partial charge is 0.229 e. The summed E-state index contributed by atoms with van der Waals surface area (Å²) in [4.78, 5) is 12.2. The largest absolute Gasteiger partial charge is 0.335 e. The van der Waals surface area contributed by atoms with Crippen LogP contribution >= 0.6 is 23.2 Å². The highest BCUT2D eigenvalue weighted by Gasteiger charge is 2.39.